The molecule has 2 rings (SSSR count). The number of benzene rings is 1. The highest BCUT2D eigenvalue weighted by molar-refractivity contribution is 9.10. The molecule has 0 saturated heterocycles. The van der Waals surface area contributed by atoms with Gasteiger partial charge in [-0.2, -0.15) is 0 Å². The molecule has 0 bridgehead atoms. The number of halogens is 1. The predicted molar refractivity (Wildman–Crippen MR) is 77.4 cm³/mol. The molecule has 1 heterocycles. The van der Waals surface area contributed by atoms with Gasteiger partial charge in [0.05, 0.1) is 0 Å². The average molecular weight is 307 g/mol. The van der Waals surface area contributed by atoms with E-state index in [4.69, 9.17) is 5.73 Å². The Morgan fingerprint density at radius 1 is 1.22 bits per heavy atom. The van der Waals surface area contributed by atoms with Gasteiger partial charge in [0.15, 0.2) is 0 Å². The molecule has 0 radical (unpaired) electrons. The molecule has 0 amide bonds. The van der Waals surface area contributed by atoms with Crippen molar-refractivity contribution in [1.82, 2.24) is 9.97 Å². The van der Waals surface area contributed by atoms with Crippen LogP contribution in [0.15, 0.2) is 28.7 Å². The fourth-order valence-corrected chi connectivity index (χ4v) is 2.07. The maximum atomic E-state index is 5.82. The van der Waals surface area contributed by atoms with Gasteiger partial charge in [-0.25, -0.2) is 9.97 Å². The van der Waals surface area contributed by atoms with Crippen LogP contribution in [0, 0.1) is 13.8 Å². The van der Waals surface area contributed by atoms with Crippen LogP contribution in [0.3, 0.4) is 0 Å². The number of hydrogen-bond donors (Lipinski definition) is 2. The summed E-state index contributed by atoms with van der Waals surface area (Å²) in [6, 6.07) is 8.08. The lowest BCUT2D eigenvalue weighted by molar-refractivity contribution is 1.01. The van der Waals surface area contributed by atoms with E-state index in [9.17, 15) is 0 Å². The SMILES string of the molecule is Cc1nc(N)c(C)c(NCc2ccccc2Br)n1. The predicted octanol–water partition coefficient (Wildman–Crippen LogP) is 3.05. The van der Waals surface area contributed by atoms with Crippen LogP contribution >= 0.6 is 15.9 Å². The second-order valence-electron chi connectivity index (χ2n) is 4.07. The number of nitrogen functional groups attached to an aromatic ring is 1. The zero-order valence-corrected chi connectivity index (χ0v) is 12.0. The zero-order chi connectivity index (χ0) is 13.1. The van der Waals surface area contributed by atoms with Crippen LogP contribution in [0.4, 0.5) is 11.6 Å². The summed E-state index contributed by atoms with van der Waals surface area (Å²) < 4.78 is 1.08. The lowest BCUT2D eigenvalue weighted by Gasteiger charge is -2.11. The van der Waals surface area contributed by atoms with Crippen LogP contribution in [0.2, 0.25) is 0 Å². The number of nitrogens with two attached hydrogens (primary N) is 1. The summed E-state index contributed by atoms with van der Waals surface area (Å²) in [5.74, 6) is 1.99. The quantitative estimate of drug-likeness (QED) is 0.915. The van der Waals surface area contributed by atoms with Crippen molar-refractivity contribution in [2.45, 2.75) is 20.4 Å². The molecule has 94 valence electrons. The van der Waals surface area contributed by atoms with Crippen molar-refractivity contribution < 1.29 is 0 Å². The van der Waals surface area contributed by atoms with E-state index in [1.54, 1.807) is 0 Å². The third kappa shape index (κ3) is 2.79. The molecule has 0 aliphatic heterocycles. The van der Waals surface area contributed by atoms with Crippen LogP contribution in [0.25, 0.3) is 0 Å². The molecule has 0 unspecified atom stereocenters. The topological polar surface area (TPSA) is 63.8 Å². The number of aromatic nitrogens is 2. The highest BCUT2D eigenvalue weighted by Crippen LogP contribution is 2.20. The first kappa shape index (κ1) is 12.8. The number of hydrogen-bond acceptors (Lipinski definition) is 4. The third-order valence-corrected chi connectivity index (χ3v) is 3.47. The Labute approximate surface area is 115 Å². The number of nitrogens with one attached hydrogen (secondary N) is 1. The minimum Gasteiger partial charge on any atom is -0.383 e. The van der Waals surface area contributed by atoms with Crippen molar-refractivity contribution >= 4 is 27.6 Å². The van der Waals surface area contributed by atoms with Gasteiger partial charge < -0.3 is 11.1 Å². The van der Waals surface area contributed by atoms with Gasteiger partial charge in [0, 0.05) is 16.6 Å². The molecule has 0 fully saturated rings. The number of nitrogens with zero attached hydrogens (tertiary/aromatic N) is 2. The maximum absolute atomic E-state index is 5.82. The van der Waals surface area contributed by atoms with Gasteiger partial charge in [-0.1, -0.05) is 34.1 Å². The molecule has 2 aromatic rings. The molecule has 0 aliphatic carbocycles. The minimum absolute atomic E-state index is 0.525. The normalized spacial score (nSPS) is 10.4. The van der Waals surface area contributed by atoms with E-state index in [0.717, 1.165) is 15.9 Å². The van der Waals surface area contributed by atoms with Gasteiger partial charge in [-0.05, 0) is 25.5 Å². The van der Waals surface area contributed by atoms with Crippen molar-refractivity contribution in [2.24, 2.45) is 0 Å². The van der Waals surface area contributed by atoms with E-state index in [2.05, 4.69) is 37.3 Å². The fraction of sp³-hybridized carbons (Fsp3) is 0.231. The maximum Gasteiger partial charge on any atom is 0.135 e. The lowest BCUT2D eigenvalue weighted by atomic mass is 10.2. The Balaban J connectivity index is 2.18. The van der Waals surface area contributed by atoms with E-state index in [0.29, 0.717) is 18.2 Å². The molecule has 4 nitrogen and oxygen atoms in total. The standard InChI is InChI=1S/C13H15BrN4/c1-8-12(15)17-9(2)18-13(8)16-7-10-5-3-4-6-11(10)14/h3-6H,7H2,1-2H3,(H3,15,16,17,18). The highest BCUT2D eigenvalue weighted by Gasteiger charge is 2.06. The second kappa shape index (κ2) is 5.35. The largest absolute Gasteiger partial charge is 0.383 e. The van der Waals surface area contributed by atoms with Gasteiger partial charge in [0.1, 0.15) is 17.5 Å². The van der Waals surface area contributed by atoms with Crippen molar-refractivity contribution in [3.63, 3.8) is 0 Å². The summed E-state index contributed by atoms with van der Waals surface area (Å²) in [6.45, 7) is 4.44. The average Bonchev–Trinajstić information content (AvgIpc) is 2.33. The molecule has 18 heavy (non-hydrogen) atoms. The summed E-state index contributed by atoms with van der Waals surface area (Å²) in [7, 11) is 0. The Kier molecular flexibility index (Phi) is 3.81. The van der Waals surface area contributed by atoms with E-state index >= 15 is 0 Å². The molecule has 0 atom stereocenters. The molecule has 5 heteroatoms. The van der Waals surface area contributed by atoms with E-state index < -0.39 is 0 Å². The summed E-state index contributed by atoms with van der Waals surface area (Å²) in [5, 5.41) is 3.29. The molecule has 0 aliphatic rings. The molecule has 0 spiro atoms. The van der Waals surface area contributed by atoms with Crippen LogP contribution in [0.5, 0.6) is 0 Å². The van der Waals surface area contributed by atoms with Gasteiger partial charge in [-0.15, -0.1) is 0 Å². The van der Waals surface area contributed by atoms with Crippen LogP contribution in [0.1, 0.15) is 17.0 Å². The lowest BCUT2D eigenvalue weighted by Crippen LogP contribution is -2.08. The minimum atomic E-state index is 0.525. The first-order chi connectivity index (χ1) is 8.58. The monoisotopic (exact) mass is 306 g/mol. The number of aryl methyl sites for hydroxylation is 1. The molecule has 0 saturated carbocycles. The van der Waals surface area contributed by atoms with Crippen molar-refractivity contribution in [1.29, 1.82) is 0 Å². The molecule has 3 N–H and O–H groups in total. The molecule has 1 aromatic heterocycles. The summed E-state index contributed by atoms with van der Waals surface area (Å²) in [5.41, 5.74) is 7.87. The van der Waals surface area contributed by atoms with Gasteiger partial charge in [0.2, 0.25) is 0 Å². The Morgan fingerprint density at radius 3 is 2.67 bits per heavy atom. The van der Waals surface area contributed by atoms with Crippen LogP contribution in [-0.4, -0.2) is 9.97 Å². The number of anilines is 2. The van der Waals surface area contributed by atoms with Crippen LogP contribution in [-0.2, 0) is 6.54 Å². The highest BCUT2D eigenvalue weighted by atomic mass is 79.9. The second-order valence-corrected chi connectivity index (χ2v) is 4.93. The summed E-state index contributed by atoms with van der Waals surface area (Å²) in [6.07, 6.45) is 0. The Morgan fingerprint density at radius 2 is 1.94 bits per heavy atom. The molecular weight excluding hydrogens is 292 g/mol. The van der Waals surface area contributed by atoms with Gasteiger partial charge in [0.25, 0.3) is 0 Å². The smallest absolute Gasteiger partial charge is 0.135 e. The van der Waals surface area contributed by atoms with Crippen molar-refractivity contribution in [2.75, 3.05) is 11.1 Å². The van der Waals surface area contributed by atoms with Gasteiger partial charge in [-0.3, -0.25) is 0 Å². The van der Waals surface area contributed by atoms with Crippen LogP contribution < -0.4 is 11.1 Å². The molecular formula is C13H15BrN4. The first-order valence-corrected chi connectivity index (χ1v) is 6.45. The van der Waals surface area contributed by atoms with Crippen molar-refractivity contribution in [3.8, 4) is 0 Å². The zero-order valence-electron chi connectivity index (χ0n) is 10.4. The Hall–Kier alpha value is -1.62. The van der Waals surface area contributed by atoms with Gasteiger partial charge >= 0.3 is 0 Å². The fourth-order valence-electron chi connectivity index (χ4n) is 1.64. The third-order valence-electron chi connectivity index (χ3n) is 2.70. The van der Waals surface area contributed by atoms with E-state index in [1.807, 2.05) is 32.0 Å². The summed E-state index contributed by atoms with van der Waals surface area (Å²) >= 11 is 3.52. The molecule has 1 aromatic carbocycles. The number of rotatable bonds is 3. The first-order valence-electron chi connectivity index (χ1n) is 5.66. The van der Waals surface area contributed by atoms with Crippen molar-refractivity contribution in [3.05, 3.63) is 45.7 Å². The van der Waals surface area contributed by atoms with E-state index in [-0.39, 0.29) is 0 Å². The summed E-state index contributed by atoms with van der Waals surface area (Å²) in [4.78, 5) is 8.48. The van der Waals surface area contributed by atoms with E-state index in [1.165, 1.54) is 5.56 Å². The Bertz CT molecular complexity index is 569.